The summed E-state index contributed by atoms with van der Waals surface area (Å²) in [5, 5.41) is 0. The van der Waals surface area contributed by atoms with E-state index in [1.165, 1.54) is 0 Å². The lowest BCUT2D eigenvalue weighted by Gasteiger charge is -2.33. The van der Waals surface area contributed by atoms with Crippen LogP contribution >= 0.6 is 0 Å². The van der Waals surface area contributed by atoms with E-state index in [2.05, 4.69) is 21.8 Å². The molecule has 1 heterocycles. The van der Waals surface area contributed by atoms with Crippen molar-refractivity contribution in [3.05, 3.63) is 60.2 Å². The summed E-state index contributed by atoms with van der Waals surface area (Å²) in [6, 6.07) is 16.6. The van der Waals surface area contributed by atoms with E-state index in [1.807, 2.05) is 25.1 Å². The predicted octanol–water partition coefficient (Wildman–Crippen LogP) is 2.44. The van der Waals surface area contributed by atoms with Crippen molar-refractivity contribution in [3.63, 3.8) is 0 Å². The third-order valence-corrected chi connectivity index (χ3v) is 5.96. The highest BCUT2D eigenvalue weighted by Crippen LogP contribution is 2.21. The first-order chi connectivity index (χ1) is 13.1. The summed E-state index contributed by atoms with van der Waals surface area (Å²) in [6.45, 7) is 5.64. The van der Waals surface area contributed by atoms with Gasteiger partial charge in [-0.15, -0.1) is 0 Å². The molecule has 0 saturated carbocycles. The molecule has 3 rings (SSSR count). The van der Waals surface area contributed by atoms with Crippen molar-refractivity contribution in [2.24, 2.45) is 0 Å². The molecule has 7 heteroatoms. The second-order valence-corrected chi connectivity index (χ2v) is 8.14. The van der Waals surface area contributed by atoms with E-state index in [0.717, 1.165) is 18.7 Å². The molecule has 1 aliphatic heterocycles. The summed E-state index contributed by atoms with van der Waals surface area (Å²) in [5.41, 5.74) is 1.15. The Hall–Kier alpha value is -1.93. The molecule has 0 amide bonds. The molecule has 0 bridgehead atoms. The number of benzene rings is 2. The molecule has 6 nitrogen and oxygen atoms in total. The number of sulfonamides is 1. The van der Waals surface area contributed by atoms with Crippen LogP contribution in [0.5, 0.6) is 5.75 Å². The second-order valence-electron chi connectivity index (χ2n) is 6.37. The molecule has 1 atom stereocenters. The van der Waals surface area contributed by atoms with Crippen LogP contribution in [-0.2, 0) is 14.8 Å². The van der Waals surface area contributed by atoms with Crippen LogP contribution in [0.1, 0.15) is 18.6 Å². The van der Waals surface area contributed by atoms with Gasteiger partial charge in [-0.25, -0.2) is 13.1 Å². The normalized spacial score (nSPS) is 18.3. The average molecular weight is 391 g/mol. The molecule has 1 saturated heterocycles. The van der Waals surface area contributed by atoms with Crippen LogP contribution in [0.3, 0.4) is 0 Å². The molecule has 1 unspecified atom stereocenters. The average Bonchev–Trinajstić information content (AvgIpc) is 2.69. The minimum atomic E-state index is -3.52. The lowest BCUT2D eigenvalue weighted by Crippen LogP contribution is -2.42. The second kappa shape index (κ2) is 9.32. The molecule has 1 N–H and O–H groups in total. The van der Waals surface area contributed by atoms with Crippen LogP contribution in [0.4, 0.5) is 0 Å². The highest BCUT2D eigenvalue weighted by Gasteiger charge is 2.22. The number of morpholine rings is 1. The van der Waals surface area contributed by atoms with Crippen LogP contribution in [-0.4, -0.2) is 52.7 Å². The van der Waals surface area contributed by atoms with Gasteiger partial charge in [-0.05, 0) is 36.8 Å². The Kier molecular flexibility index (Phi) is 6.84. The highest BCUT2D eigenvalue weighted by molar-refractivity contribution is 7.89. The van der Waals surface area contributed by atoms with Gasteiger partial charge in [-0.1, -0.05) is 30.3 Å². The first-order valence-corrected chi connectivity index (χ1v) is 10.7. The van der Waals surface area contributed by atoms with E-state index in [0.29, 0.717) is 32.1 Å². The summed E-state index contributed by atoms with van der Waals surface area (Å²) in [5.74, 6) is 0.664. The maximum Gasteiger partial charge on any atom is 0.240 e. The lowest BCUT2D eigenvalue weighted by molar-refractivity contribution is -0.0291. The summed E-state index contributed by atoms with van der Waals surface area (Å²) in [4.78, 5) is 2.47. The molecule has 0 radical (unpaired) electrons. The van der Waals surface area contributed by atoms with Gasteiger partial charge in [0.05, 0.1) is 24.2 Å². The van der Waals surface area contributed by atoms with E-state index < -0.39 is 10.0 Å². The van der Waals surface area contributed by atoms with Gasteiger partial charge < -0.3 is 9.47 Å². The van der Waals surface area contributed by atoms with E-state index in [1.54, 1.807) is 24.3 Å². The monoisotopic (exact) mass is 390 g/mol. The fourth-order valence-electron chi connectivity index (χ4n) is 3.08. The smallest absolute Gasteiger partial charge is 0.240 e. The Labute approximate surface area is 161 Å². The van der Waals surface area contributed by atoms with Crippen molar-refractivity contribution in [2.45, 2.75) is 17.9 Å². The van der Waals surface area contributed by atoms with Gasteiger partial charge in [0.1, 0.15) is 5.75 Å². The zero-order valence-corrected chi connectivity index (χ0v) is 16.3. The zero-order chi connectivity index (χ0) is 19.1. The van der Waals surface area contributed by atoms with Crippen molar-refractivity contribution in [2.75, 3.05) is 39.4 Å². The molecule has 146 valence electrons. The van der Waals surface area contributed by atoms with Crippen molar-refractivity contribution in [3.8, 4) is 5.75 Å². The summed E-state index contributed by atoms with van der Waals surface area (Å²) in [7, 11) is -3.52. The van der Waals surface area contributed by atoms with Crippen LogP contribution in [0.2, 0.25) is 0 Å². The van der Waals surface area contributed by atoms with Crippen molar-refractivity contribution >= 4 is 10.0 Å². The van der Waals surface area contributed by atoms with Gasteiger partial charge in [-0.2, -0.15) is 0 Å². The Morgan fingerprint density at radius 1 is 1.15 bits per heavy atom. The maximum absolute atomic E-state index is 12.4. The van der Waals surface area contributed by atoms with Crippen molar-refractivity contribution < 1.29 is 17.9 Å². The molecule has 27 heavy (non-hydrogen) atoms. The minimum Gasteiger partial charge on any atom is -0.494 e. The van der Waals surface area contributed by atoms with Crippen LogP contribution < -0.4 is 9.46 Å². The Morgan fingerprint density at radius 3 is 2.59 bits per heavy atom. The summed E-state index contributed by atoms with van der Waals surface area (Å²) >= 11 is 0. The van der Waals surface area contributed by atoms with Crippen molar-refractivity contribution in [1.82, 2.24) is 9.62 Å². The number of hydrogen-bond acceptors (Lipinski definition) is 5. The molecule has 1 fully saturated rings. The Balaban J connectivity index is 1.51. The topological polar surface area (TPSA) is 67.9 Å². The molecule has 0 spiro atoms. The van der Waals surface area contributed by atoms with Crippen LogP contribution in [0.15, 0.2) is 59.5 Å². The standard InChI is InChI=1S/C20H26N2O4S/c1-2-25-18-8-10-19(11-9-18)27(23,24)21-12-13-22-14-15-26-20(16-22)17-6-4-3-5-7-17/h3-11,20-21H,2,12-16H2,1H3. The maximum atomic E-state index is 12.4. The first kappa shape index (κ1) is 19.8. The predicted molar refractivity (Wildman–Crippen MR) is 104 cm³/mol. The summed E-state index contributed by atoms with van der Waals surface area (Å²) < 4.78 is 38.7. The third kappa shape index (κ3) is 5.52. The van der Waals surface area contributed by atoms with Gasteiger partial charge in [0, 0.05) is 26.2 Å². The van der Waals surface area contributed by atoms with E-state index in [4.69, 9.17) is 9.47 Å². The SMILES string of the molecule is CCOc1ccc(S(=O)(=O)NCCN2CCOC(c3ccccc3)C2)cc1. The molecule has 1 aliphatic rings. The first-order valence-electron chi connectivity index (χ1n) is 9.20. The number of nitrogens with zero attached hydrogens (tertiary/aromatic N) is 1. The van der Waals surface area contributed by atoms with Crippen LogP contribution in [0.25, 0.3) is 0 Å². The van der Waals surface area contributed by atoms with Gasteiger partial charge in [0.15, 0.2) is 0 Å². The van der Waals surface area contributed by atoms with E-state index in [9.17, 15) is 8.42 Å². The highest BCUT2D eigenvalue weighted by atomic mass is 32.2. The quantitative estimate of drug-likeness (QED) is 0.750. The number of ether oxygens (including phenoxy) is 2. The fraction of sp³-hybridized carbons (Fsp3) is 0.400. The van der Waals surface area contributed by atoms with E-state index >= 15 is 0 Å². The fourth-order valence-corrected chi connectivity index (χ4v) is 4.10. The number of rotatable bonds is 8. The lowest BCUT2D eigenvalue weighted by atomic mass is 10.1. The largest absolute Gasteiger partial charge is 0.494 e. The molecular weight excluding hydrogens is 364 g/mol. The molecule has 2 aromatic carbocycles. The molecule has 2 aromatic rings. The van der Waals surface area contributed by atoms with Crippen molar-refractivity contribution in [1.29, 1.82) is 0 Å². The van der Waals surface area contributed by atoms with E-state index in [-0.39, 0.29) is 11.0 Å². The molecule has 0 aliphatic carbocycles. The zero-order valence-electron chi connectivity index (χ0n) is 15.5. The van der Waals surface area contributed by atoms with Gasteiger partial charge in [-0.3, -0.25) is 4.90 Å². The van der Waals surface area contributed by atoms with Gasteiger partial charge in [0.25, 0.3) is 0 Å². The molecule has 0 aromatic heterocycles. The Bertz CT molecular complexity index is 810. The van der Waals surface area contributed by atoms with Gasteiger partial charge in [0.2, 0.25) is 10.0 Å². The number of hydrogen-bond donors (Lipinski definition) is 1. The number of nitrogens with one attached hydrogen (secondary N) is 1. The molecular formula is C20H26N2O4S. The third-order valence-electron chi connectivity index (χ3n) is 4.49. The van der Waals surface area contributed by atoms with Gasteiger partial charge >= 0.3 is 0 Å². The Morgan fingerprint density at radius 2 is 1.89 bits per heavy atom. The minimum absolute atomic E-state index is 0.0302. The summed E-state index contributed by atoms with van der Waals surface area (Å²) in [6.07, 6.45) is 0.0302. The van der Waals surface area contributed by atoms with Crippen LogP contribution in [0, 0.1) is 0 Å².